The summed E-state index contributed by atoms with van der Waals surface area (Å²) in [4.78, 5) is 17.4. The fraction of sp³-hybridized carbons (Fsp3) is 0.364. The zero-order valence-electron chi connectivity index (χ0n) is 15.7. The van der Waals surface area contributed by atoms with Gasteiger partial charge in [-0.05, 0) is 68.8 Å². The van der Waals surface area contributed by atoms with Crippen LogP contribution in [0.3, 0.4) is 0 Å². The quantitative estimate of drug-likeness (QED) is 0.701. The summed E-state index contributed by atoms with van der Waals surface area (Å²) >= 11 is 0. The van der Waals surface area contributed by atoms with Crippen molar-refractivity contribution in [2.45, 2.75) is 25.3 Å². The number of aromatic nitrogens is 2. The maximum atomic E-state index is 13.6. The molecule has 2 fully saturated rings. The first-order valence-corrected chi connectivity index (χ1v) is 9.96. The monoisotopic (exact) mass is 378 g/mol. The van der Waals surface area contributed by atoms with Gasteiger partial charge in [-0.1, -0.05) is 0 Å². The number of carbonyl (C=O) groups is 1. The van der Waals surface area contributed by atoms with E-state index in [-0.39, 0.29) is 11.7 Å². The largest absolute Gasteiger partial charge is 0.337 e. The number of nitrogens with zero attached hydrogens (tertiary/aromatic N) is 4. The van der Waals surface area contributed by atoms with Crippen LogP contribution in [-0.2, 0) is 0 Å². The number of hydrogen-bond donors (Lipinski definition) is 0. The highest BCUT2D eigenvalue weighted by Gasteiger charge is 2.31. The molecule has 0 saturated carbocycles. The minimum atomic E-state index is -0.289. The Balaban J connectivity index is 1.33. The van der Waals surface area contributed by atoms with Gasteiger partial charge < -0.3 is 4.90 Å². The van der Waals surface area contributed by atoms with Crippen LogP contribution in [0.1, 0.15) is 29.6 Å². The summed E-state index contributed by atoms with van der Waals surface area (Å²) in [6.45, 7) is 3.98. The minimum Gasteiger partial charge on any atom is -0.337 e. The SMILES string of the molecule is O=C(c1ccc(-n2ncc3ccc(F)cc32)cc1)N1CC[C@H](N2CCCC2)C1. The molecule has 2 aromatic carbocycles. The van der Waals surface area contributed by atoms with Crippen LogP contribution in [0, 0.1) is 5.82 Å². The predicted molar refractivity (Wildman–Crippen MR) is 106 cm³/mol. The second-order valence-electron chi connectivity index (χ2n) is 7.74. The Hall–Kier alpha value is -2.73. The number of carbonyl (C=O) groups excluding carboxylic acids is 1. The van der Waals surface area contributed by atoms with E-state index in [1.165, 1.54) is 38.1 Å². The van der Waals surface area contributed by atoms with Crippen molar-refractivity contribution in [2.24, 2.45) is 0 Å². The fourth-order valence-electron chi connectivity index (χ4n) is 4.46. The van der Waals surface area contributed by atoms with E-state index in [0.29, 0.717) is 17.1 Å². The van der Waals surface area contributed by atoms with Gasteiger partial charge in [0.1, 0.15) is 5.82 Å². The maximum absolute atomic E-state index is 13.6. The van der Waals surface area contributed by atoms with Gasteiger partial charge in [0.15, 0.2) is 0 Å². The average Bonchev–Trinajstić information content (AvgIpc) is 3.46. The number of hydrogen-bond acceptors (Lipinski definition) is 3. The smallest absolute Gasteiger partial charge is 0.253 e. The van der Waals surface area contributed by atoms with Crippen molar-refractivity contribution in [1.82, 2.24) is 19.6 Å². The molecule has 0 radical (unpaired) electrons. The molecule has 5 nitrogen and oxygen atoms in total. The van der Waals surface area contributed by atoms with Gasteiger partial charge in [0.2, 0.25) is 0 Å². The molecule has 0 aliphatic carbocycles. The number of fused-ring (bicyclic) bond motifs is 1. The molecule has 1 atom stereocenters. The Labute approximate surface area is 163 Å². The lowest BCUT2D eigenvalue weighted by Crippen LogP contribution is -2.37. The summed E-state index contributed by atoms with van der Waals surface area (Å²) in [5.41, 5.74) is 2.22. The zero-order valence-corrected chi connectivity index (χ0v) is 15.7. The summed E-state index contributed by atoms with van der Waals surface area (Å²) < 4.78 is 15.3. The van der Waals surface area contributed by atoms with Gasteiger partial charge in [0.25, 0.3) is 5.91 Å². The standard InChI is InChI=1S/C22H23FN4O/c23-18-6-3-17-14-24-27(21(17)13-18)19-7-4-16(5-8-19)22(28)26-12-9-20(15-26)25-10-1-2-11-25/h3-8,13-14,20H,1-2,9-12,15H2/t20-/m0/s1. The van der Waals surface area contributed by atoms with Crippen LogP contribution in [0.4, 0.5) is 4.39 Å². The van der Waals surface area contributed by atoms with E-state index in [1.807, 2.05) is 29.2 Å². The topological polar surface area (TPSA) is 41.4 Å². The van der Waals surface area contributed by atoms with Gasteiger partial charge in [-0.25, -0.2) is 9.07 Å². The first-order chi connectivity index (χ1) is 13.7. The highest BCUT2D eigenvalue weighted by molar-refractivity contribution is 5.94. The summed E-state index contributed by atoms with van der Waals surface area (Å²) in [7, 11) is 0. The van der Waals surface area contributed by atoms with Gasteiger partial charge in [-0.2, -0.15) is 5.10 Å². The maximum Gasteiger partial charge on any atom is 0.253 e. The number of likely N-dealkylation sites (tertiary alicyclic amines) is 2. The molecule has 3 aromatic rings. The highest BCUT2D eigenvalue weighted by Crippen LogP contribution is 2.23. The number of amides is 1. The van der Waals surface area contributed by atoms with E-state index in [0.717, 1.165) is 30.6 Å². The molecule has 1 aromatic heterocycles. The highest BCUT2D eigenvalue weighted by atomic mass is 19.1. The van der Waals surface area contributed by atoms with Gasteiger partial charge in [-0.15, -0.1) is 0 Å². The van der Waals surface area contributed by atoms with E-state index in [4.69, 9.17) is 0 Å². The van der Waals surface area contributed by atoms with Crippen LogP contribution in [-0.4, -0.2) is 57.7 Å². The Morgan fingerprint density at radius 1 is 1.04 bits per heavy atom. The molecule has 0 unspecified atom stereocenters. The Morgan fingerprint density at radius 3 is 2.61 bits per heavy atom. The summed E-state index contributed by atoms with van der Waals surface area (Å²) in [6, 6.07) is 12.6. The van der Waals surface area contributed by atoms with Crippen molar-refractivity contribution in [3.8, 4) is 5.69 Å². The normalized spacial score (nSPS) is 20.3. The average molecular weight is 378 g/mol. The molecule has 2 saturated heterocycles. The van der Waals surface area contributed by atoms with Gasteiger partial charge in [-0.3, -0.25) is 9.69 Å². The molecular formula is C22H23FN4O. The van der Waals surface area contributed by atoms with Crippen LogP contribution in [0.25, 0.3) is 16.6 Å². The van der Waals surface area contributed by atoms with Gasteiger partial charge >= 0.3 is 0 Å². The number of benzene rings is 2. The molecule has 144 valence electrons. The van der Waals surface area contributed by atoms with Crippen molar-refractivity contribution in [3.63, 3.8) is 0 Å². The molecule has 6 heteroatoms. The van der Waals surface area contributed by atoms with E-state index in [1.54, 1.807) is 16.9 Å². The van der Waals surface area contributed by atoms with E-state index >= 15 is 0 Å². The first kappa shape index (κ1) is 17.4. The van der Waals surface area contributed by atoms with Gasteiger partial charge in [0, 0.05) is 36.1 Å². The van der Waals surface area contributed by atoms with Crippen molar-refractivity contribution >= 4 is 16.8 Å². The van der Waals surface area contributed by atoms with Crippen LogP contribution < -0.4 is 0 Å². The molecule has 2 aliphatic rings. The van der Waals surface area contributed by atoms with E-state index < -0.39 is 0 Å². The summed E-state index contributed by atoms with van der Waals surface area (Å²) in [6.07, 6.45) is 5.33. The lowest BCUT2D eigenvalue weighted by molar-refractivity contribution is 0.0780. The van der Waals surface area contributed by atoms with Gasteiger partial charge in [0.05, 0.1) is 17.4 Å². The third-order valence-electron chi connectivity index (χ3n) is 6.00. The van der Waals surface area contributed by atoms with E-state index in [2.05, 4.69) is 10.00 Å². The Morgan fingerprint density at radius 2 is 1.82 bits per heavy atom. The molecular weight excluding hydrogens is 355 g/mol. The van der Waals surface area contributed by atoms with Crippen LogP contribution in [0.2, 0.25) is 0 Å². The molecule has 0 bridgehead atoms. The molecule has 2 aliphatic heterocycles. The summed E-state index contributed by atoms with van der Waals surface area (Å²) in [5, 5.41) is 5.24. The van der Waals surface area contributed by atoms with Crippen LogP contribution in [0.5, 0.6) is 0 Å². The molecule has 5 rings (SSSR count). The minimum absolute atomic E-state index is 0.0876. The second-order valence-corrected chi connectivity index (χ2v) is 7.74. The van der Waals surface area contributed by atoms with Crippen molar-refractivity contribution in [2.75, 3.05) is 26.2 Å². The third kappa shape index (κ3) is 3.07. The molecule has 0 N–H and O–H groups in total. The predicted octanol–water partition coefficient (Wildman–Crippen LogP) is 3.47. The fourth-order valence-corrected chi connectivity index (χ4v) is 4.46. The second kappa shape index (κ2) is 7.02. The van der Waals surface area contributed by atoms with Crippen LogP contribution >= 0.6 is 0 Å². The summed E-state index contributed by atoms with van der Waals surface area (Å²) in [5.74, 6) is -0.202. The number of rotatable bonds is 3. The van der Waals surface area contributed by atoms with Crippen molar-refractivity contribution in [3.05, 3.63) is 60.0 Å². The lowest BCUT2D eigenvalue weighted by Gasteiger charge is -2.23. The molecule has 3 heterocycles. The number of halogens is 1. The van der Waals surface area contributed by atoms with E-state index in [9.17, 15) is 9.18 Å². The first-order valence-electron chi connectivity index (χ1n) is 9.96. The molecule has 1 amide bonds. The Bertz CT molecular complexity index is 1010. The van der Waals surface area contributed by atoms with Crippen molar-refractivity contribution in [1.29, 1.82) is 0 Å². The Kier molecular flexibility index (Phi) is 4.36. The van der Waals surface area contributed by atoms with Crippen molar-refractivity contribution < 1.29 is 9.18 Å². The lowest BCUT2D eigenvalue weighted by atomic mass is 10.1. The third-order valence-corrected chi connectivity index (χ3v) is 6.00. The zero-order chi connectivity index (χ0) is 19.1. The molecule has 0 spiro atoms. The molecule has 28 heavy (non-hydrogen) atoms. The van der Waals surface area contributed by atoms with Crippen LogP contribution in [0.15, 0.2) is 48.7 Å².